The van der Waals surface area contributed by atoms with Gasteiger partial charge in [0.05, 0.1) is 30.3 Å². The number of anilines is 1. The first-order chi connectivity index (χ1) is 13.0. The molecule has 0 aromatic heterocycles. The summed E-state index contributed by atoms with van der Waals surface area (Å²) in [6.07, 6.45) is 1.33. The quantitative estimate of drug-likeness (QED) is 0.560. The molecule has 3 amide bonds. The average molecular weight is 372 g/mol. The molecule has 2 heterocycles. The third kappa shape index (κ3) is 3.32. The molecule has 0 spiro atoms. The summed E-state index contributed by atoms with van der Waals surface area (Å²) in [5, 5.41) is 11.4. The van der Waals surface area contributed by atoms with Crippen molar-refractivity contribution in [3.8, 4) is 0 Å². The number of hydrogen-bond donors (Lipinski definition) is 2. The van der Waals surface area contributed by atoms with Crippen molar-refractivity contribution in [2.75, 3.05) is 32.1 Å². The fourth-order valence-electron chi connectivity index (χ4n) is 3.54. The molecule has 8 nitrogen and oxygen atoms in total. The normalized spacial score (nSPS) is 19.7. The molecule has 0 radical (unpaired) electrons. The van der Waals surface area contributed by atoms with Crippen LogP contribution in [0.1, 0.15) is 46.9 Å². The van der Waals surface area contributed by atoms with Gasteiger partial charge in [0.2, 0.25) is 5.91 Å². The standard InChI is InChI=1S/C19H24N4O4/c1-3-10-27-11-9-22-15(24)8-7-14(17(22)20)23-18(25)12-5-4-6-13(21-2)16(12)19(23)26/h4-6,14,20-21H,3,7-11H2,1-2H3. The van der Waals surface area contributed by atoms with E-state index >= 15 is 0 Å². The Morgan fingerprint density at radius 1 is 1.22 bits per heavy atom. The SMILES string of the molecule is CCCOCCN1C(=N)C(N2C(=O)c3cccc(NC)c3C2=O)CCC1=O. The third-order valence-electron chi connectivity index (χ3n) is 4.87. The van der Waals surface area contributed by atoms with Crippen molar-refractivity contribution in [2.45, 2.75) is 32.2 Å². The van der Waals surface area contributed by atoms with Crippen molar-refractivity contribution in [1.82, 2.24) is 9.80 Å². The van der Waals surface area contributed by atoms with Crippen LogP contribution in [0.5, 0.6) is 0 Å². The van der Waals surface area contributed by atoms with E-state index in [1.807, 2.05) is 6.92 Å². The summed E-state index contributed by atoms with van der Waals surface area (Å²) in [7, 11) is 1.69. The van der Waals surface area contributed by atoms with Crippen LogP contribution < -0.4 is 5.32 Å². The van der Waals surface area contributed by atoms with Crippen LogP contribution in [0, 0.1) is 5.41 Å². The van der Waals surface area contributed by atoms with Crippen LogP contribution in [0.3, 0.4) is 0 Å². The topological polar surface area (TPSA) is 103 Å². The monoisotopic (exact) mass is 372 g/mol. The van der Waals surface area contributed by atoms with Gasteiger partial charge in [0.1, 0.15) is 5.84 Å². The fourth-order valence-corrected chi connectivity index (χ4v) is 3.54. The lowest BCUT2D eigenvalue weighted by Gasteiger charge is -2.36. The van der Waals surface area contributed by atoms with Gasteiger partial charge in [-0.25, -0.2) is 0 Å². The molecule has 0 bridgehead atoms. The van der Waals surface area contributed by atoms with Crippen molar-refractivity contribution in [3.63, 3.8) is 0 Å². The Morgan fingerprint density at radius 2 is 2.00 bits per heavy atom. The van der Waals surface area contributed by atoms with Crippen LogP contribution in [-0.4, -0.2) is 66.2 Å². The molecule has 2 aliphatic rings. The molecule has 3 rings (SSSR count). The summed E-state index contributed by atoms with van der Waals surface area (Å²) in [6.45, 7) is 3.15. The molecular weight excluding hydrogens is 348 g/mol. The van der Waals surface area contributed by atoms with Crippen LogP contribution in [0.2, 0.25) is 0 Å². The van der Waals surface area contributed by atoms with Gasteiger partial charge in [0, 0.05) is 25.8 Å². The van der Waals surface area contributed by atoms with Crippen molar-refractivity contribution in [2.24, 2.45) is 0 Å². The molecule has 0 saturated carbocycles. The second-order valence-corrected chi connectivity index (χ2v) is 6.56. The number of likely N-dealkylation sites (tertiary alicyclic amines) is 1. The summed E-state index contributed by atoms with van der Waals surface area (Å²) in [5.41, 5.74) is 1.23. The molecule has 8 heteroatoms. The molecule has 1 aromatic carbocycles. The highest BCUT2D eigenvalue weighted by Gasteiger charge is 2.46. The van der Waals surface area contributed by atoms with Gasteiger partial charge in [-0.3, -0.25) is 29.6 Å². The van der Waals surface area contributed by atoms with Gasteiger partial charge in [-0.15, -0.1) is 0 Å². The Morgan fingerprint density at radius 3 is 2.70 bits per heavy atom. The minimum absolute atomic E-state index is 0.0214. The number of carbonyl (C=O) groups is 3. The number of benzene rings is 1. The third-order valence-corrected chi connectivity index (χ3v) is 4.87. The first-order valence-corrected chi connectivity index (χ1v) is 9.16. The number of nitrogens with one attached hydrogen (secondary N) is 2. The first-order valence-electron chi connectivity index (χ1n) is 9.16. The second kappa shape index (κ2) is 7.87. The van der Waals surface area contributed by atoms with Gasteiger partial charge >= 0.3 is 0 Å². The summed E-state index contributed by atoms with van der Waals surface area (Å²) in [4.78, 5) is 40.5. The Labute approximate surface area is 158 Å². The molecule has 144 valence electrons. The van der Waals surface area contributed by atoms with Crippen molar-refractivity contribution in [3.05, 3.63) is 29.3 Å². The minimum atomic E-state index is -0.744. The van der Waals surface area contributed by atoms with Crippen LogP contribution in [0.4, 0.5) is 5.69 Å². The smallest absolute Gasteiger partial charge is 0.264 e. The molecule has 2 aliphatic heterocycles. The van der Waals surface area contributed by atoms with Crippen LogP contribution >= 0.6 is 0 Å². The van der Waals surface area contributed by atoms with Crippen molar-refractivity contribution < 1.29 is 19.1 Å². The lowest BCUT2D eigenvalue weighted by atomic mass is 10.0. The van der Waals surface area contributed by atoms with E-state index in [2.05, 4.69) is 5.32 Å². The zero-order chi connectivity index (χ0) is 19.6. The highest BCUT2D eigenvalue weighted by molar-refractivity contribution is 6.25. The van der Waals surface area contributed by atoms with Gasteiger partial charge in [0.15, 0.2) is 0 Å². The molecule has 1 saturated heterocycles. The number of piperidine rings is 1. The zero-order valence-corrected chi connectivity index (χ0v) is 15.6. The molecule has 2 N–H and O–H groups in total. The van der Waals surface area contributed by atoms with E-state index < -0.39 is 17.9 Å². The molecule has 1 unspecified atom stereocenters. The van der Waals surface area contributed by atoms with Crippen LogP contribution in [-0.2, 0) is 9.53 Å². The maximum atomic E-state index is 13.0. The van der Waals surface area contributed by atoms with E-state index in [0.717, 1.165) is 11.3 Å². The van der Waals surface area contributed by atoms with Gasteiger partial charge in [0.25, 0.3) is 11.8 Å². The number of imide groups is 1. The second-order valence-electron chi connectivity index (χ2n) is 6.56. The number of carbonyl (C=O) groups excluding carboxylic acids is 3. The number of ether oxygens (including phenoxy) is 1. The minimum Gasteiger partial charge on any atom is -0.387 e. The Hall–Kier alpha value is -2.74. The van der Waals surface area contributed by atoms with E-state index in [-0.39, 0.29) is 31.1 Å². The average Bonchev–Trinajstić information content (AvgIpc) is 2.92. The Balaban J connectivity index is 1.82. The van der Waals surface area contributed by atoms with E-state index in [1.54, 1.807) is 25.2 Å². The molecule has 27 heavy (non-hydrogen) atoms. The Kier molecular flexibility index (Phi) is 5.55. The number of hydrogen-bond acceptors (Lipinski definition) is 6. The van der Waals surface area contributed by atoms with Crippen molar-refractivity contribution in [1.29, 1.82) is 5.41 Å². The predicted octanol–water partition coefficient (Wildman–Crippen LogP) is 1.72. The lowest BCUT2D eigenvalue weighted by Crippen LogP contribution is -2.56. The molecule has 1 atom stereocenters. The highest BCUT2D eigenvalue weighted by atomic mass is 16.5. The van der Waals surface area contributed by atoms with E-state index in [0.29, 0.717) is 30.0 Å². The maximum Gasteiger partial charge on any atom is 0.264 e. The first kappa shape index (κ1) is 19.0. The van der Waals surface area contributed by atoms with Gasteiger partial charge in [-0.05, 0) is 25.0 Å². The van der Waals surface area contributed by atoms with Crippen molar-refractivity contribution >= 4 is 29.2 Å². The van der Waals surface area contributed by atoms with E-state index in [1.165, 1.54) is 4.90 Å². The number of amidine groups is 1. The van der Waals surface area contributed by atoms with Gasteiger partial charge < -0.3 is 10.1 Å². The predicted molar refractivity (Wildman–Crippen MR) is 100 cm³/mol. The number of nitrogens with zero attached hydrogens (tertiary/aromatic N) is 2. The summed E-state index contributed by atoms with van der Waals surface area (Å²) in [5.74, 6) is -1.04. The maximum absolute atomic E-state index is 13.0. The highest BCUT2D eigenvalue weighted by Crippen LogP contribution is 2.33. The number of fused-ring (bicyclic) bond motifs is 1. The lowest BCUT2D eigenvalue weighted by molar-refractivity contribution is -0.129. The van der Waals surface area contributed by atoms with Crippen LogP contribution in [0.25, 0.3) is 0 Å². The molecule has 1 fully saturated rings. The summed E-state index contributed by atoms with van der Waals surface area (Å²) >= 11 is 0. The van der Waals surface area contributed by atoms with Gasteiger partial charge in [-0.1, -0.05) is 13.0 Å². The Bertz CT molecular complexity index is 792. The summed E-state index contributed by atoms with van der Waals surface area (Å²) < 4.78 is 5.42. The number of rotatable bonds is 7. The van der Waals surface area contributed by atoms with E-state index in [4.69, 9.17) is 10.1 Å². The zero-order valence-electron chi connectivity index (χ0n) is 15.6. The molecular formula is C19H24N4O4. The fraction of sp³-hybridized carbons (Fsp3) is 0.474. The molecule has 0 aliphatic carbocycles. The number of amides is 3. The summed E-state index contributed by atoms with van der Waals surface area (Å²) in [6, 6.07) is 4.32. The van der Waals surface area contributed by atoms with Crippen LogP contribution in [0.15, 0.2) is 18.2 Å². The van der Waals surface area contributed by atoms with Gasteiger partial charge in [-0.2, -0.15) is 0 Å². The van der Waals surface area contributed by atoms with E-state index in [9.17, 15) is 14.4 Å². The molecule has 1 aromatic rings. The largest absolute Gasteiger partial charge is 0.387 e.